The van der Waals surface area contributed by atoms with Gasteiger partial charge >= 0.3 is 11.9 Å². The van der Waals surface area contributed by atoms with Crippen molar-refractivity contribution in [2.45, 2.75) is 32.1 Å². The number of esters is 2. The van der Waals surface area contributed by atoms with Crippen molar-refractivity contribution in [1.29, 1.82) is 0 Å². The van der Waals surface area contributed by atoms with Crippen molar-refractivity contribution in [1.82, 2.24) is 0 Å². The van der Waals surface area contributed by atoms with Crippen molar-refractivity contribution >= 4 is 23.5 Å². The summed E-state index contributed by atoms with van der Waals surface area (Å²) in [6.45, 7) is 4.06. The van der Waals surface area contributed by atoms with Gasteiger partial charge in [0, 0.05) is 6.42 Å². The summed E-state index contributed by atoms with van der Waals surface area (Å²) in [5.41, 5.74) is 0. The molecular formula is C9H15ClO4. The van der Waals surface area contributed by atoms with Crippen LogP contribution in [0, 0.1) is 0 Å². The molecule has 1 atom stereocenters. The first kappa shape index (κ1) is 13.2. The van der Waals surface area contributed by atoms with Crippen LogP contribution in [0.3, 0.4) is 0 Å². The quantitative estimate of drug-likeness (QED) is 0.505. The molecule has 0 heterocycles. The van der Waals surface area contributed by atoms with Gasteiger partial charge in [0.05, 0.1) is 13.2 Å². The summed E-state index contributed by atoms with van der Waals surface area (Å²) in [4.78, 5) is 21.9. The van der Waals surface area contributed by atoms with Gasteiger partial charge in [0.15, 0.2) is 0 Å². The first-order valence-electron chi connectivity index (χ1n) is 4.58. The molecule has 0 bridgehead atoms. The number of carbonyl (C=O) groups is 2. The van der Waals surface area contributed by atoms with Gasteiger partial charge in [-0.1, -0.05) is 0 Å². The Labute approximate surface area is 88.5 Å². The van der Waals surface area contributed by atoms with Crippen LogP contribution < -0.4 is 0 Å². The van der Waals surface area contributed by atoms with Gasteiger partial charge in [0.1, 0.15) is 5.38 Å². The lowest BCUT2D eigenvalue weighted by molar-refractivity contribution is -0.144. The van der Waals surface area contributed by atoms with Gasteiger partial charge in [-0.05, 0) is 20.3 Å². The molecule has 0 N–H and O–H groups in total. The largest absolute Gasteiger partial charge is 0.466 e. The topological polar surface area (TPSA) is 52.6 Å². The molecule has 0 radical (unpaired) electrons. The Morgan fingerprint density at radius 1 is 1.21 bits per heavy atom. The number of alkyl halides is 1. The SMILES string of the molecule is CCOC(=O)CC[C@H](Cl)C(=O)OCC. The Morgan fingerprint density at radius 3 is 2.29 bits per heavy atom. The molecular weight excluding hydrogens is 208 g/mol. The predicted octanol–water partition coefficient (Wildman–Crippen LogP) is 1.50. The Morgan fingerprint density at radius 2 is 1.79 bits per heavy atom. The van der Waals surface area contributed by atoms with Crippen molar-refractivity contribution < 1.29 is 19.1 Å². The molecule has 5 heteroatoms. The highest BCUT2D eigenvalue weighted by atomic mass is 35.5. The smallest absolute Gasteiger partial charge is 0.324 e. The van der Waals surface area contributed by atoms with Gasteiger partial charge in [-0.2, -0.15) is 0 Å². The first-order chi connectivity index (χ1) is 6.61. The van der Waals surface area contributed by atoms with Crippen molar-refractivity contribution in [3.8, 4) is 0 Å². The monoisotopic (exact) mass is 222 g/mol. The summed E-state index contributed by atoms with van der Waals surface area (Å²) in [5, 5.41) is -0.764. The summed E-state index contributed by atoms with van der Waals surface area (Å²) in [6, 6.07) is 0. The van der Waals surface area contributed by atoms with Crippen LogP contribution >= 0.6 is 11.6 Å². The van der Waals surface area contributed by atoms with Gasteiger partial charge in [-0.3, -0.25) is 9.59 Å². The highest BCUT2D eigenvalue weighted by Crippen LogP contribution is 2.08. The summed E-state index contributed by atoms with van der Waals surface area (Å²) < 4.78 is 9.36. The molecule has 0 aromatic rings. The second kappa shape index (κ2) is 7.62. The van der Waals surface area contributed by atoms with Crippen molar-refractivity contribution in [3.05, 3.63) is 0 Å². The molecule has 0 aromatic heterocycles. The van der Waals surface area contributed by atoms with Crippen LogP contribution in [0.2, 0.25) is 0 Å². The molecule has 0 spiro atoms. The minimum atomic E-state index is -0.764. The molecule has 0 aliphatic carbocycles. The molecule has 4 nitrogen and oxygen atoms in total. The van der Waals surface area contributed by atoms with Crippen LogP contribution in [-0.2, 0) is 19.1 Å². The zero-order valence-corrected chi connectivity index (χ0v) is 9.17. The zero-order valence-electron chi connectivity index (χ0n) is 8.42. The summed E-state index contributed by atoms with van der Waals surface area (Å²) in [7, 11) is 0. The minimum absolute atomic E-state index is 0.140. The molecule has 0 aromatic carbocycles. The van der Waals surface area contributed by atoms with Crippen LogP contribution in [-0.4, -0.2) is 30.5 Å². The lowest BCUT2D eigenvalue weighted by atomic mass is 10.2. The molecule has 0 aliphatic rings. The van der Waals surface area contributed by atoms with E-state index in [1.807, 2.05) is 0 Å². The van der Waals surface area contributed by atoms with E-state index in [0.717, 1.165) is 0 Å². The highest BCUT2D eigenvalue weighted by Gasteiger charge is 2.17. The molecule has 0 fully saturated rings. The normalized spacial score (nSPS) is 11.9. The molecule has 0 unspecified atom stereocenters. The predicted molar refractivity (Wildman–Crippen MR) is 52.1 cm³/mol. The van der Waals surface area contributed by atoms with Crippen molar-refractivity contribution in [2.75, 3.05) is 13.2 Å². The maximum atomic E-state index is 11.0. The van der Waals surface area contributed by atoms with Gasteiger partial charge < -0.3 is 9.47 Å². The fraction of sp³-hybridized carbons (Fsp3) is 0.778. The van der Waals surface area contributed by atoms with Crippen molar-refractivity contribution in [3.63, 3.8) is 0 Å². The number of rotatable bonds is 6. The maximum Gasteiger partial charge on any atom is 0.324 e. The van der Waals surface area contributed by atoms with Gasteiger partial charge in [0.2, 0.25) is 0 Å². The molecule has 0 saturated heterocycles. The molecule has 0 aliphatic heterocycles. The Bertz CT molecular complexity index is 193. The first-order valence-corrected chi connectivity index (χ1v) is 5.01. The van der Waals surface area contributed by atoms with E-state index in [2.05, 4.69) is 9.47 Å². The second-order valence-corrected chi connectivity index (χ2v) is 3.09. The molecule has 0 amide bonds. The number of carbonyl (C=O) groups excluding carboxylic acids is 2. The third kappa shape index (κ3) is 5.80. The van der Waals surface area contributed by atoms with E-state index in [0.29, 0.717) is 13.2 Å². The molecule has 0 saturated carbocycles. The van der Waals surface area contributed by atoms with E-state index in [1.165, 1.54) is 0 Å². The van der Waals surface area contributed by atoms with E-state index >= 15 is 0 Å². The van der Waals surface area contributed by atoms with Crippen LogP contribution in [0.4, 0.5) is 0 Å². The van der Waals surface area contributed by atoms with E-state index in [9.17, 15) is 9.59 Å². The fourth-order valence-corrected chi connectivity index (χ4v) is 1.00. The lowest BCUT2D eigenvalue weighted by Gasteiger charge is -2.07. The lowest BCUT2D eigenvalue weighted by Crippen LogP contribution is -2.19. The van der Waals surface area contributed by atoms with Gasteiger partial charge in [-0.15, -0.1) is 11.6 Å². The summed E-state index contributed by atoms with van der Waals surface area (Å²) in [5.74, 6) is -0.832. The standard InChI is InChI=1S/C9H15ClO4/c1-3-13-8(11)6-5-7(10)9(12)14-4-2/h7H,3-6H2,1-2H3/t7-/m0/s1. The maximum absolute atomic E-state index is 11.0. The highest BCUT2D eigenvalue weighted by molar-refractivity contribution is 6.29. The number of halogens is 1. The Kier molecular flexibility index (Phi) is 7.20. The van der Waals surface area contributed by atoms with E-state index in [1.54, 1.807) is 13.8 Å². The van der Waals surface area contributed by atoms with E-state index in [-0.39, 0.29) is 18.8 Å². The third-order valence-electron chi connectivity index (χ3n) is 1.45. The molecule has 14 heavy (non-hydrogen) atoms. The van der Waals surface area contributed by atoms with Gasteiger partial charge in [-0.25, -0.2) is 0 Å². The van der Waals surface area contributed by atoms with Crippen LogP contribution in [0.15, 0.2) is 0 Å². The minimum Gasteiger partial charge on any atom is -0.466 e. The molecule has 82 valence electrons. The zero-order chi connectivity index (χ0) is 11.0. The van der Waals surface area contributed by atoms with E-state index < -0.39 is 11.3 Å². The fourth-order valence-electron chi connectivity index (χ4n) is 0.828. The number of hydrogen-bond acceptors (Lipinski definition) is 4. The number of ether oxygens (including phenoxy) is 2. The van der Waals surface area contributed by atoms with Crippen molar-refractivity contribution in [2.24, 2.45) is 0 Å². The van der Waals surface area contributed by atoms with Crippen LogP contribution in [0.5, 0.6) is 0 Å². The second-order valence-electron chi connectivity index (χ2n) is 2.56. The third-order valence-corrected chi connectivity index (χ3v) is 1.85. The molecule has 0 rings (SSSR count). The number of hydrogen-bond donors (Lipinski definition) is 0. The van der Waals surface area contributed by atoms with Crippen LogP contribution in [0.1, 0.15) is 26.7 Å². The summed E-state index contributed by atoms with van der Waals surface area (Å²) >= 11 is 5.67. The average molecular weight is 223 g/mol. The van der Waals surface area contributed by atoms with Crippen LogP contribution in [0.25, 0.3) is 0 Å². The Balaban J connectivity index is 3.67. The van der Waals surface area contributed by atoms with E-state index in [4.69, 9.17) is 11.6 Å². The van der Waals surface area contributed by atoms with Gasteiger partial charge in [0.25, 0.3) is 0 Å². The average Bonchev–Trinajstić information content (AvgIpc) is 2.15. The Hall–Kier alpha value is -0.770. The summed E-state index contributed by atoms with van der Waals surface area (Å²) in [6.07, 6.45) is 0.389.